The van der Waals surface area contributed by atoms with Gasteiger partial charge in [0.05, 0.1) is 6.26 Å². The maximum absolute atomic E-state index is 10.9. The lowest BCUT2D eigenvalue weighted by Gasteiger charge is -2.02. The average Bonchev–Trinajstić information content (AvgIpc) is 2.70. The Morgan fingerprint density at radius 2 is 2.11 bits per heavy atom. The summed E-state index contributed by atoms with van der Waals surface area (Å²) in [6.07, 6.45) is 1.54. The van der Waals surface area contributed by atoms with Crippen molar-refractivity contribution in [1.29, 1.82) is 0 Å². The van der Waals surface area contributed by atoms with Gasteiger partial charge in [-0.2, -0.15) is 4.52 Å². The Morgan fingerprint density at radius 3 is 2.78 bits per heavy atom. The van der Waals surface area contributed by atoms with Gasteiger partial charge in [0.15, 0.2) is 11.5 Å². The topological polar surface area (TPSA) is 101 Å². The van der Waals surface area contributed by atoms with E-state index in [4.69, 9.17) is 0 Å². The Morgan fingerprint density at radius 1 is 1.33 bits per heavy atom. The highest BCUT2D eigenvalue weighted by atomic mass is 32.2. The van der Waals surface area contributed by atoms with Gasteiger partial charge in [0.2, 0.25) is 10.0 Å². The summed E-state index contributed by atoms with van der Waals surface area (Å²) in [7, 11) is -1.42. The second-order valence-corrected chi connectivity index (χ2v) is 5.60. The average molecular weight is 270 g/mol. The van der Waals surface area contributed by atoms with Gasteiger partial charge in [-0.1, -0.05) is 0 Å². The molecule has 0 aliphatic carbocycles. The van der Waals surface area contributed by atoms with Gasteiger partial charge in [-0.25, -0.2) is 13.1 Å². The molecule has 0 saturated carbocycles. The standard InChI is InChI=1S/C9H14N6O2S/c1-10-7-3-4-8-12-13-9(15(8)14-7)5-6-11-18(2,16)17/h3-4,11H,5-6H2,1-2H3,(H,10,14). The van der Waals surface area contributed by atoms with E-state index < -0.39 is 10.0 Å². The first-order valence-electron chi connectivity index (χ1n) is 5.33. The van der Waals surface area contributed by atoms with Crippen LogP contribution in [-0.2, 0) is 16.4 Å². The summed E-state index contributed by atoms with van der Waals surface area (Å²) in [5.74, 6) is 1.30. The molecule has 0 aromatic carbocycles. The highest BCUT2D eigenvalue weighted by Crippen LogP contribution is 2.06. The number of nitrogens with zero attached hydrogens (tertiary/aromatic N) is 4. The summed E-state index contributed by atoms with van der Waals surface area (Å²) in [5.41, 5.74) is 0.628. The van der Waals surface area contributed by atoms with Crippen molar-refractivity contribution in [2.45, 2.75) is 6.42 Å². The number of hydrogen-bond acceptors (Lipinski definition) is 6. The van der Waals surface area contributed by atoms with E-state index in [2.05, 4.69) is 25.3 Å². The van der Waals surface area contributed by atoms with Gasteiger partial charge in [0, 0.05) is 20.0 Å². The Hall–Kier alpha value is -1.74. The van der Waals surface area contributed by atoms with Crippen LogP contribution >= 0.6 is 0 Å². The summed E-state index contributed by atoms with van der Waals surface area (Å²) < 4.78 is 25.9. The van der Waals surface area contributed by atoms with Crippen LogP contribution in [0.5, 0.6) is 0 Å². The van der Waals surface area contributed by atoms with Gasteiger partial charge in [-0.05, 0) is 12.1 Å². The first-order chi connectivity index (χ1) is 8.49. The molecule has 18 heavy (non-hydrogen) atoms. The van der Waals surface area contributed by atoms with Crippen LogP contribution in [0.4, 0.5) is 5.82 Å². The zero-order valence-electron chi connectivity index (χ0n) is 10.1. The van der Waals surface area contributed by atoms with E-state index in [9.17, 15) is 8.42 Å². The van der Waals surface area contributed by atoms with E-state index in [1.54, 1.807) is 23.7 Å². The Bertz CT molecular complexity index is 650. The number of anilines is 1. The van der Waals surface area contributed by atoms with E-state index in [1.807, 2.05) is 0 Å². The smallest absolute Gasteiger partial charge is 0.208 e. The Balaban J connectivity index is 2.18. The molecule has 0 saturated heterocycles. The summed E-state index contributed by atoms with van der Waals surface area (Å²) in [6.45, 7) is 0.269. The molecule has 98 valence electrons. The van der Waals surface area contributed by atoms with Crippen molar-refractivity contribution in [2.75, 3.05) is 25.2 Å². The summed E-state index contributed by atoms with van der Waals surface area (Å²) in [4.78, 5) is 0. The van der Waals surface area contributed by atoms with E-state index in [-0.39, 0.29) is 6.54 Å². The molecule has 8 nitrogen and oxygen atoms in total. The molecule has 0 aliphatic rings. The number of fused-ring (bicyclic) bond motifs is 1. The lowest BCUT2D eigenvalue weighted by molar-refractivity contribution is 0.586. The van der Waals surface area contributed by atoms with Crippen molar-refractivity contribution in [2.24, 2.45) is 0 Å². The number of hydrogen-bond donors (Lipinski definition) is 2. The summed E-state index contributed by atoms with van der Waals surface area (Å²) >= 11 is 0. The largest absolute Gasteiger partial charge is 0.372 e. The molecule has 0 unspecified atom stereocenters. The number of rotatable bonds is 5. The molecule has 0 atom stereocenters. The van der Waals surface area contributed by atoms with Gasteiger partial charge in [0.25, 0.3) is 0 Å². The molecule has 0 aliphatic heterocycles. The lowest BCUT2D eigenvalue weighted by atomic mass is 10.4. The fourth-order valence-electron chi connectivity index (χ4n) is 1.47. The third kappa shape index (κ3) is 2.93. The van der Waals surface area contributed by atoms with Gasteiger partial charge in [-0.3, -0.25) is 0 Å². The molecule has 2 aromatic heterocycles. The van der Waals surface area contributed by atoms with Crippen LogP contribution in [0, 0.1) is 0 Å². The second-order valence-electron chi connectivity index (χ2n) is 3.77. The highest BCUT2D eigenvalue weighted by Gasteiger charge is 2.08. The van der Waals surface area contributed by atoms with Crippen molar-refractivity contribution in [3.8, 4) is 0 Å². The van der Waals surface area contributed by atoms with Crippen LogP contribution in [-0.4, -0.2) is 48.1 Å². The van der Waals surface area contributed by atoms with Crippen molar-refractivity contribution in [3.63, 3.8) is 0 Å². The summed E-state index contributed by atoms with van der Waals surface area (Å²) in [6, 6.07) is 3.59. The maximum Gasteiger partial charge on any atom is 0.208 e. The predicted molar refractivity (Wildman–Crippen MR) is 66.9 cm³/mol. The maximum atomic E-state index is 10.9. The van der Waals surface area contributed by atoms with Gasteiger partial charge < -0.3 is 5.32 Å². The molecule has 2 aromatic rings. The third-order valence-corrected chi connectivity index (χ3v) is 3.02. The first-order valence-corrected chi connectivity index (χ1v) is 7.22. The minimum absolute atomic E-state index is 0.269. The molecule has 0 radical (unpaired) electrons. The molecule has 2 rings (SSSR count). The van der Waals surface area contributed by atoms with E-state index in [1.165, 1.54) is 0 Å². The van der Waals surface area contributed by atoms with Gasteiger partial charge >= 0.3 is 0 Å². The Labute approximate surface area is 104 Å². The second kappa shape index (κ2) is 4.86. The molecule has 2 N–H and O–H groups in total. The van der Waals surface area contributed by atoms with Gasteiger partial charge in [-0.15, -0.1) is 15.3 Å². The summed E-state index contributed by atoms with van der Waals surface area (Å²) in [5, 5.41) is 15.1. The van der Waals surface area contributed by atoms with Crippen molar-refractivity contribution >= 4 is 21.5 Å². The van der Waals surface area contributed by atoms with Crippen molar-refractivity contribution in [3.05, 3.63) is 18.0 Å². The van der Waals surface area contributed by atoms with Crippen LogP contribution in [0.25, 0.3) is 5.65 Å². The molecular formula is C9H14N6O2S. The van der Waals surface area contributed by atoms with E-state index >= 15 is 0 Å². The van der Waals surface area contributed by atoms with Crippen molar-refractivity contribution in [1.82, 2.24) is 24.5 Å². The quantitative estimate of drug-likeness (QED) is 0.742. The molecule has 0 amide bonds. The van der Waals surface area contributed by atoms with Crippen LogP contribution in [0.3, 0.4) is 0 Å². The SMILES string of the molecule is CNc1ccc2nnc(CCNS(C)(=O)=O)n2n1. The Kier molecular flexibility index (Phi) is 3.43. The predicted octanol–water partition coefficient (Wildman–Crippen LogP) is -0.742. The van der Waals surface area contributed by atoms with Crippen molar-refractivity contribution < 1.29 is 8.42 Å². The molecule has 0 bridgehead atoms. The molecule has 9 heteroatoms. The number of aromatic nitrogens is 4. The van der Waals surface area contributed by atoms with Crippen LogP contribution < -0.4 is 10.0 Å². The molecule has 0 spiro atoms. The third-order valence-electron chi connectivity index (χ3n) is 2.30. The number of nitrogens with one attached hydrogen (secondary N) is 2. The fraction of sp³-hybridized carbons (Fsp3) is 0.444. The molecule has 2 heterocycles. The highest BCUT2D eigenvalue weighted by molar-refractivity contribution is 7.88. The zero-order valence-corrected chi connectivity index (χ0v) is 10.9. The normalized spacial score (nSPS) is 11.9. The monoisotopic (exact) mass is 270 g/mol. The van der Waals surface area contributed by atoms with Crippen LogP contribution in [0.15, 0.2) is 12.1 Å². The minimum atomic E-state index is -3.18. The van der Waals surface area contributed by atoms with E-state index in [0.29, 0.717) is 23.7 Å². The fourth-order valence-corrected chi connectivity index (χ4v) is 1.94. The zero-order chi connectivity index (χ0) is 13.2. The number of sulfonamides is 1. The van der Waals surface area contributed by atoms with Gasteiger partial charge in [0.1, 0.15) is 5.82 Å². The molecule has 0 fully saturated rings. The minimum Gasteiger partial charge on any atom is -0.372 e. The van der Waals surface area contributed by atoms with Crippen LogP contribution in [0.2, 0.25) is 0 Å². The molecular weight excluding hydrogens is 256 g/mol. The van der Waals surface area contributed by atoms with Crippen LogP contribution in [0.1, 0.15) is 5.82 Å². The van der Waals surface area contributed by atoms with E-state index in [0.717, 1.165) is 6.26 Å². The lowest BCUT2D eigenvalue weighted by Crippen LogP contribution is -2.25. The first kappa shape index (κ1) is 12.7.